The van der Waals surface area contributed by atoms with Crippen LogP contribution in [0, 0.1) is 0 Å². The molecule has 2 aliphatic heterocycles. The van der Waals surface area contributed by atoms with Gasteiger partial charge in [-0.3, -0.25) is 0 Å². The van der Waals surface area contributed by atoms with Crippen LogP contribution < -0.4 is 14.4 Å². The lowest BCUT2D eigenvalue weighted by atomic mass is 9.83. The maximum Gasteiger partial charge on any atom is 0.337 e. The summed E-state index contributed by atoms with van der Waals surface area (Å²) in [5.41, 5.74) is 2.04. The van der Waals surface area contributed by atoms with Crippen molar-refractivity contribution in [1.29, 1.82) is 0 Å². The molecule has 0 unspecified atom stereocenters. The maximum absolute atomic E-state index is 12.8. The van der Waals surface area contributed by atoms with Crippen LogP contribution in [0.2, 0.25) is 0 Å². The van der Waals surface area contributed by atoms with Gasteiger partial charge in [-0.05, 0) is 42.0 Å². The fourth-order valence-electron chi connectivity index (χ4n) is 3.72. The normalized spacial score (nSPS) is 14.8. The fourth-order valence-corrected chi connectivity index (χ4v) is 3.72. The van der Waals surface area contributed by atoms with Crippen LogP contribution in [-0.4, -0.2) is 46.0 Å². The Morgan fingerprint density at radius 2 is 1.36 bits per heavy atom. The number of nitrogens with zero attached hydrogens (tertiary/aromatic N) is 1. The molecule has 0 spiro atoms. The molecule has 170 valence electrons. The van der Waals surface area contributed by atoms with Crippen LogP contribution in [0.3, 0.4) is 0 Å². The van der Waals surface area contributed by atoms with Gasteiger partial charge in [0.25, 0.3) is 0 Å². The second-order valence-corrected chi connectivity index (χ2v) is 7.14. The molecule has 2 aliphatic rings. The highest BCUT2D eigenvalue weighted by atomic mass is 16.7. The third kappa shape index (κ3) is 4.12. The van der Waals surface area contributed by atoms with Crippen molar-refractivity contribution >= 4 is 23.6 Å². The number of hydrogen-bond acceptors (Lipinski definition) is 9. The van der Waals surface area contributed by atoms with Crippen LogP contribution in [0.4, 0.5) is 5.69 Å². The average Bonchev–Trinajstić information content (AvgIpc) is 3.34. The van der Waals surface area contributed by atoms with Crippen molar-refractivity contribution in [2.45, 2.75) is 5.92 Å². The van der Waals surface area contributed by atoms with Crippen LogP contribution >= 0.6 is 0 Å². The van der Waals surface area contributed by atoms with E-state index in [1.165, 1.54) is 21.3 Å². The summed E-state index contributed by atoms with van der Waals surface area (Å²) in [6.07, 6.45) is 3.17. The summed E-state index contributed by atoms with van der Waals surface area (Å²) >= 11 is 0. The number of methoxy groups -OCH3 is 3. The highest BCUT2D eigenvalue weighted by Gasteiger charge is 2.36. The fraction of sp³-hybridized carbons (Fsp3) is 0.208. The molecule has 2 heterocycles. The Morgan fingerprint density at radius 1 is 0.788 bits per heavy atom. The second-order valence-electron chi connectivity index (χ2n) is 7.14. The number of ether oxygens (including phenoxy) is 5. The molecule has 0 saturated heterocycles. The van der Waals surface area contributed by atoms with E-state index >= 15 is 0 Å². The minimum Gasteiger partial charge on any atom is -0.466 e. The molecule has 0 bridgehead atoms. The topological polar surface area (TPSA) is 101 Å². The smallest absolute Gasteiger partial charge is 0.337 e. The maximum atomic E-state index is 12.8. The largest absolute Gasteiger partial charge is 0.466 e. The minimum atomic E-state index is -0.759. The molecule has 33 heavy (non-hydrogen) atoms. The number of esters is 3. The number of carbonyl (C=O) groups excluding carboxylic acids is 3. The zero-order valence-electron chi connectivity index (χ0n) is 18.2. The zero-order chi connectivity index (χ0) is 23.5. The van der Waals surface area contributed by atoms with E-state index in [0.717, 1.165) is 0 Å². The molecule has 0 aromatic heterocycles. The first-order valence-electron chi connectivity index (χ1n) is 9.93. The monoisotopic (exact) mass is 451 g/mol. The molecular formula is C24H21NO8. The van der Waals surface area contributed by atoms with Crippen LogP contribution in [0.15, 0.2) is 66.0 Å². The van der Waals surface area contributed by atoms with E-state index in [9.17, 15) is 14.4 Å². The first-order chi connectivity index (χ1) is 16.0. The Bertz CT molecular complexity index is 1130. The number of hydrogen-bond donors (Lipinski definition) is 0. The van der Waals surface area contributed by atoms with Crippen molar-refractivity contribution in [3.8, 4) is 11.5 Å². The third-order valence-corrected chi connectivity index (χ3v) is 5.34. The molecule has 0 aliphatic carbocycles. The highest BCUT2D eigenvalue weighted by molar-refractivity contribution is 6.00. The molecule has 0 fully saturated rings. The standard InChI is InChI=1S/C24H21NO8/c1-29-22(26)14-4-7-16(8-5-14)25-11-17(23(27)30-2)21(18(12-25)24(28)31-3)15-6-9-19-20(10-15)33-13-32-19/h4-12,21H,13H2,1-3H3. The summed E-state index contributed by atoms with van der Waals surface area (Å²) < 4.78 is 25.6. The number of benzene rings is 2. The van der Waals surface area contributed by atoms with E-state index in [2.05, 4.69) is 0 Å². The molecule has 0 atom stereocenters. The Balaban J connectivity index is 1.80. The molecule has 0 radical (unpaired) electrons. The van der Waals surface area contributed by atoms with Crippen molar-refractivity contribution < 1.29 is 38.1 Å². The lowest BCUT2D eigenvalue weighted by Gasteiger charge is -2.30. The lowest BCUT2D eigenvalue weighted by molar-refractivity contribution is -0.137. The van der Waals surface area contributed by atoms with Gasteiger partial charge in [0.15, 0.2) is 11.5 Å². The van der Waals surface area contributed by atoms with Gasteiger partial charge >= 0.3 is 17.9 Å². The second kappa shape index (κ2) is 9.07. The molecule has 2 aromatic carbocycles. The summed E-state index contributed by atoms with van der Waals surface area (Å²) in [6, 6.07) is 11.7. The van der Waals surface area contributed by atoms with Crippen molar-refractivity contribution in [1.82, 2.24) is 0 Å². The van der Waals surface area contributed by atoms with Crippen molar-refractivity contribution in [2.24, 2.45) is 0 Å². The van der Waals surface area contributed by atoms with Crippen molar-refractivity contribution in [2.75, 3.05) is 33.0 Å². The van der Waals surface area contributed by atoms with Gasteiger partial charge in [0.05, 0.1) is 44.0 Å². The molecule has 9 heteroatoms. The van der Waals surface area contributed by atoms with Gasteiger partial charge in [-0.25, -0.2) is 14.4 Å². The van der Waals surface area contributed by atoms with E-state index in [-0.39, 0.29) is 17.9 Å². The Kier molecular flexibility index (Phi) is 6.03. The molecular weight excluding hydrogens is 430 g/mol. The van der Waals surface area contributed by atoms with Gasteiger partial charge in [-0.1, -0.05) is 6.07 Å². The Labute approximate surface area is 189 Å². The first kappa shape index (κ1) is 21.9. The van der Waals surface area contributed by atoms with Crippen LogP contribution in [-0.2, 0) is 23.8 Å². The molecule has 4 rings (SSSR count). The summed E-state index contributed by atoms with van der Waals surface area (Å²) in [5, 5.41) is 0. The Morgan fingerprint density at radius 3 is 1.94 bits per heavy atom. The first-order valence-corrected chi connectivity index (χ1v) is 9.93. The van der Waals surface area contributed by atoms with Gasteiger partial charge < -0.3 is 28.6 Å². The molecule has 0 N–H and O–H groups in total. The van der Waals surface area contributed by atoms with Gasteiger partial charge in [0, 0.05) is 18.1 Å². The summed E-state index contributed by atoms with van der Waals surface area (Å²) in [6.45, 7) is 0.0954. The van der Waals surface area contributed by atoms with Crippen LogP contribution in [0.5, 0.6) is 11.5 Å². The number of anilines is 1. The SMILES string of the molecule is COC(=O)C1=CN(c2ccc(C(=O)OC)cc2)C=C(C(=O)OC)C1c1ccc2c(c1)OCO2. The van der Waals surface area contributed by atoms with E-state index in [1.54, 1.807) is 59.8 Å². The molecule has 9 nitrogen and oxygen atoms in total. The van der Waals surface area contributed by atoms with Gasteiger partial charge in [0.2, 0.25) is 6.79 Å². The Hall–Kier alpha value is -4.27. The predicted molar refractivity (Wildman–Crippen MR) is 116 cm³/mol. The van der Waals surface area contributed by atoms with Gasteiger partial charge in [-0.15, -0.1) is 0 Å². The van der Waals surface area contributed by atoms with Crippen molar-refractivity contribution in [3.63, 3.8) is 0 Å². The van der Waals surface area contributed by atoms with Gasteiger partial charge in [0.1, 0.15) is 0 Å². The quantitative estimate of drug-likeness (QED) is 0.502. The van der Waals surface area contributed by atoms with E-state index in [0.29, 0.717) is 28.3 Å². The zero-order valence-corrected chi connectivity index (χ0v) is 18.2. The summed E-state index contributed by atoms with van der Waals surface area (Å²) in [4.78, 5) is 38.9. The van der Waals surface area contributed by atoms with E-state index in [1.807, 2.05) is 0 Å². The molecule has 2 aromatic rings. The lowest BCUT2D eigenvalue weighted by Crippen LogP contribution is -2.28. The van der Waals surface area contributed by atoms with Crippen LogP contribution in [0.25, 0.3) is 0 Å². The summed E-state index contributed by atoms with van der Waals surface area (Å²) in [5.74, 6) is -1.35. The third-order valence-electron chi connectivity index (χ3n) is 5.34. The van der Waals surface area contributed by atoms with Crippen molar-refractivity contribution in [3.05, 3.63) is 77.1 Å². The average molecular weight is 451 g/mol. The number of rotatable bonds is 5. The minimum absolute atomic E-state index is 0.0954. The molecule has 0 saturated carbocycles. The highest BCUT2D eigenvalue weighted by Crippen LogP contribution is 2.42. The number of carbonyl (C=O) groups is 3. The number of fused-ring (bicyclic) bond motifs is 1. The van der Waals surface area contributed by atoms with Crippen LogP contribution in [0.1, 0.15) is 21.8 Å². The van der Waals surface area contributed by atoms with E-state index < -0.39 is 23.8 Å². The van der Waals surface area contributed by atoms with Gasteiger partial charge in [-0.2, -0.15) is 0 Å². The predicted octanol–water partition coefficient (Wildman–Crippen LogP) is 2.92. The molecule has 0 amide bonds. The van der Waals surface area contributed by atoms with E-state index in [4.69, 9.17) is 23.7 Å². The summed E-state index contributed by atoms with van der Waals surface area (Å²) in [7, 11) is 3.84.